The van der Waals surface area contributed by atoms with Crippen LogP contribution in [0.3, 0.4) is 0 Å². The minimum atomic E-state index is -1.34. The van der Waals surface area contributed by atoms with Gasteiger partial charge in [-0.1, -0.05) is 126 Å². The Morgan fingerprint density at radius 2 is 0.739 bits per heavy atom. The Morgan fingerprint density at radius 1 is 0.391 bits per heavy atom. The van der Waals surface area contributed by atoms with Gasteiger partial charge < -0.3 is 10.0 Å². The zero-order chi connectivity index (χ0) is 32.0. The van der Waals surface area contributed by atoms with E-state index in [1.54, 1.807) is 42.5 Å². The number of aromatic nitrogens is 4. The van der Waals surface area contributed by atoms with E-state index in [0.717, 1.165) is 54.9 Å². The van der Waals surface area contributed by atoms with E-state index in [1.165, 1.54) is 0 Å². The van der Waals surface area contributed by atoms with E-state index in [0.29, 0.717) is 20.9 Å². The molecule has 4 heterocycles. The van der Waals surface area contributed by atoms with Gasteiger partial charge in [0, 0.05) is 27.1 Å². The maximum atomic E-state index is 8.58. The van der Waals surface area contributed by atoms with Gasteiger partial charge in [0.05, 0.1) is 27.8 Å². The maximum Gasteiger partial charge on any atom is 0.488 e. The molecule has 2 N–H and O–H groups in total. The number of hydrogen-bond donors (Lipinski definition) is 2. The van der Waals surface area contributed by atoms with Crippen molar-refractivity contribution in [1.82, 2.24) is 19.9 Å². The van der Waals surface area contributed by atoms with Crippen LogP contribution in [0.2, 0.25) is 15.5 Å². The molecule has 0 saturated heterocycles. The highest BCUT2D eigenvalue weighted by molar-refractivity contribution is 6.58. The first-order valence-corrected chi connectivity index (χ1v) is 15.3. The Kier molecular flexibility index (Phi) is 9.69. The molecule has 0 aliphatic rings. The number of pyridine rings is 4. The van der Waals surface area contributed by atoms with E-state index in [-0.39, 0.29) is 0 Å². The molecule has 0 fully saturated rings. The van der Waals surface area contributed by atoms with Gasteiger partial charge in [0.15, 0.2) is 0 Å². The molecule has 0 atom stereocenters. The fraction of sp³-hybridized carbons (Fsp3) is 0. The predicted octanol–water partition coefficient (Wildman–Crippen LogP) is 8.56. The van der Waals surface area contributed by atoms with Crippen LogP contribution in [-0.2, 0) is 0 Å². The van der Waals surface area contributed by atoms with Crippen molar-refractivity contribution in [2.75, 3.05) is 0 Å². The molecule has 0 aliphatic carbocycles. The standard InChI is InChI=1S/C18H11ClN2.C12H6Cl2N2.C6H7BO2/c19-16-11-9-14-7-6-13-8-10-15(12-4-2-1-3-5-12)20-17(13)18(14)21-16;13-9-5-3-7-1-2-8-4-6-10(14)16-12(8)11(7)15-9;8-7(9)6-4-2-1-3-5-6/h1-11H;1-6H;1-5,8-9H. The largest absolute Gasteiger partial charge is 0.488 e. The number of halogens is 3. The number of benzene rings is 4. The van der Waals surface area contributed by atoms with Gasteiger partial charge in [0.1, 0.15) is 15.5 Å². The third-order valence-electron chi connectivity index (χ3n) is 7.10. The fourth-order valence-electron chi connectivity index (χ4n) is 4.86. The number of nitrogens with zero attached hydrogens (tertiary/aromatic N) is 4. The zero-order valence-corrected chi connectivity index (χ0v) is 26.4. The molecule has 4 aromatic carbocycles. The van der Waals surface area contributed by atoms with E-state index in [2.05, 4.69) is 39.2 Å². The molecule has 0 saturated carbocycles. The number of fused-ring (bicyclic) bond motifs is 6. The van der Waals surface area contributed by atoms with Gasteiger partial charge in [-0.2, -0.15) is 0 Å². The van der Waals surface area contributed by atoms with E-state index < -0.39 is 7.12 Å². The normalized spacial score (nSPS) is 10.7. The summed E-state index contributed by atoms with van der Waals surface area (Å²) in [5.41, 5.74) is 5.86. The minimum Gasteiger partial charge on any atom is -0.423 e. The SMILES string of the molecule is Clc1ccc2ccc3ccc(-c4ccccc4)nc3c2n1.Clc1ccc2ccc3ccc(Cl)nc3c2n1.OB(O)c1ccccc1. The fourth-order valence-corrected chi connectivity index (χ4v) is 5.30. The second kappa shape index (κ2) is 14.2. The van der Waals surface area contributed by atoms with Crippen LogP contribution in [0.25, 0.3) is 54.9 Å². The van der Waals surface area contributed by atoms with E-state index in [4.69, 9.17) is 49.8 Å². The van der Waals surface area contributed by atoms with Crippen LogP contribution in [0.15, 0.2) is 133 Å². The number of hydrogen-bond acceptors (Lipinski definition) is 6. The highest BCUT2D eigenvalue weighted by Gasteiger charge is 2.08. The highest BCUT2D eigenvalue weighted by Crippen LogP contribution is 2.27. The lowest BCUT2D eigenvalue weighted by atomic mass is 9.81. The molecule has 0 spiro atoms. The third-order valence-corrected chi connectivity index (χ3v) is 7.74. The van der Waals surface area contributed by atoms with Crippen LogP contribution in [0, 0.1) is 0 Å². The van der Waals surface area contributed by atoms with Crippen LogP contribution in [0.5, 0.6) is 0 Å². The van der Waals surface area contributed by atoms with E-state index >= 15 is 0 Å². The summed E-state index contributed by atoms with van der Waals surface area (Å²) in [6, 6.07) is 42.2. The lowest BCUT2D eigenvalue weighted by molar-refractivity contribution is 0.426. The molecule has 46 heavy (non-hydrogen) atoms. The van der Waals surface area contributed by atoms with Crippen molar-refractivity contribution in [3.63, 3.8) is 0 Å². The summed E-state index contributed by atoms with van der Waals surface area (Å²) >= 11 is 17.8. The van der Waals surface area contributed by atoms with Crippen molar-refractivity contribution in [3.8, 4) is 11.3 Å². The predicted molar refractivity (Wildman–Crippen MR) is 191 cm³/mol. The molecule has 0 aliphatic heterocycles. The van der Waals surface area contributed by atoms with E-state index in [9.17, 15) is 0 Å². The molecule has 8 rings (SSSR count). The van der Waals surface area contributed by atoms with Crippen LogP contribution < -0.4 is 5.46 Å². The summed E-state index contributed by atoms with van der Waals surface area (Å²) in [5.74, 6) is 0. The Morgan fingerprint density at radius 3 is 1.13 bits per heavy atom. The molecule has 6 nitrogen and oxygen atoms in total. The first-order valence-electron chi connectivity index (χ1n) is 14.2. The van der Waals surface area contributed by atoms with E-state index in [1.807, 2.05) is 66.7 Å². The summed E-state index contributed by atoms with van der Waals surface area (Å²) in [4.78, 5) is 17.8. The summed E-state index contributed by atoms with van der Waals surface area (Å²) in [7, 11) is -1.34. The molecule has 10 heteroatoms. The molecular weight excluding hydrogens is 638 g/mol. The smallest absolute Gasteiger partial charge is 0.423 e. The van der Waals surface area contributed by atoms with Crippen LogP contribution in [-0.4, -0.2) is 37.1 Å². The van der Waals surface area contributed by atoms with Crippen molar-refractivity contribution in [2.45, 2.75) is 0 Å². The van der Waals surface area contributed by atoms with Gasteiger partial charge in [-0.3, -0.25) is 0 Å². The van der Waals surface area contributed by atoms with Crippen LogP contribution >= 0.6 is 34.8 Å². The first kappa shape index (κ1) is 31.4. The van der Waals surface area contributed by atoms with Crippen molar-refractivity contribution in [3.05, 3.63) is 149 Å². The summed E-state index contributed by atoms with van der Waals surface area (Å²) in [6.45, 7) is 0. The minimum absolute atomic E-state index is 0.460. The summed E-state index contributed by atoms with van der Waals surface area (Å²) in [5, 5.41) is 22.7. The first-order chi connectivity index (χ1) is 22.4. The third kappa shape index (κ3) is 7.26. The highest BCUT2D eigenvalue weighted by atomic mass is 35.5. The summed E-state index contributed by atoms with van der Waals surface area (Å²) in [6.07, 6.45) is 0. The quantitative estimate of drug-likeness (QED) is 0.110. The molecule has 4 aromatic heterocycles. The molecule has 0 radical (unpaired) electrons. The van der Waals surface area contributed by atoms with Crippen molar-refractivity contribution < 1.29 is 10.0 Å². The van der Waals surface area contributed by atoms with Gasteiger partial charge >= 0.3 is 7.12 Å². The average molecular weight is 662 g/mol. The molecule has 0 amide bonds. The van der Waals surface area contributed by atoms with Gasteiger partial charge in [-0.15, -0.1) is 0 Å². The molecule has 224 valence electrons. The molecule has 8 aromatic rings. The lowest BCUT2D eigenvalue weighted by Gasteiger charge is -2.06. The Balaban J connectivity index is 0.000000131. The topological polar surface area (TPSA) is 92.0 Å². The zero-order valence-electron chi connectivity index (χ0n) is 24.1. The van der Waals surface area contributed by atoms with Gasteiger partial charge in [-0.25, -0.2) is 19.9 Å². The van der Waals surface area contributed by atoms with Crippen molar-refractivity contribution in [2.24, 2.45) is 0 Å². The summed E-state index contributed by atoms with van der Waals surface area (Å²) < 4.78 is 0. The Bertz CT molecular complexity index is 2230. The molecule has 0 unspecified atom stereocenters. The second-order valence-electron chi connectivity index (χ2n) is 10.2. The second-order valence-corrected chi connectivity index (χ2v) is 11.3. The van der Waals surface area contributed by atoms with Gasteiger partial charge in [0.25, 0.3) is 0 Å². The van der Waals surface area contributed by atoms with Gasteiger partial charge in [0.2, 0.25) is 0 Å². The lowest BCUT2D eigenvalue weighted by Crippen LogP contribution is -2.29. The Labute approximate surface area is 280 Å². The number of rotatable bonds is 2. The van der Waals surface area contributed by atoms with Crippen molar-refractivity contribution >= 4 is 91.0 Å². The van der Waals surface area contributed by atoms with Crippen LogP contribution in [0.4, 0.5) is 0 Å². The Hall–Kier alpha value is -4.63. The monoisotopic (exact) mass is 660 g/mol. The van der Waals surface area contributed by atoms with Crippen LogP contribution in [0.1, 0.15) is 0 Å². The molecule has 0 bridgehead atoms. The van der Waals surface area contributed by atoms with Gasteiger partial charge in [-0.05, 0) is 47.9 Å². The average Bonchev–Trinajstić information content (AvgIpc) is 3.09. The molecular formula is C36H24BCl3N4O2. The van der Waals surface area contributed by atoms with Crippen molar-refractivity contribution in [1.29, 1.82) is 0 Å². The maximum absolute atomic E-state index is 8.58.